The lowest BCUT2D eigenvalue weighted by Gasteiger charge is -2.17. The molecule has 1 aromatic heterocycles. The van der Waals surface area contributed by atoms with Crippen LogP contribution in [0.3, 0.4) is 0 Å². The molecular weight excluding hydrogens is 336 g/mol. The maximum Gasteiger partial charge on any atom is 0.249 e. The Morgan fingerprint density at radius 2 is 1.70 bits per heavy atom. The van der Waals surface area contributed by atoms with Crippen molar-refractivity contribution in [1.29, 1.82) is 0 Å². The first-order valence-corrected chi connectivity index (χ1v) is 9.33. The van der Waals surface area contributed by atoms with E-state index < -0.39 is 0 Å². The topological polar surface area (TPSA) is 66.0 Å². The van der Waals surface area contributed by atoms with Crippen molar-refractivity contribution in [1.82, 2.24) is 15.2 Å². The molecule has 138 valence electrons. The third-order valence-electron chi connectivity index (χ3n) is 4.80. The van der Waals surface area contributed by atoms with Gasteiger partial charge in [-0.25, -0.2) is 0 Å². The molecule has 0 radical (unpaired) electrons. The van der Waals surface area contributed by atoms with Crippen LogP contribution in [-0.4, -0.2) is 28.3 Å². The summed E-state index contributed by atoms with van der Waals surface area (Å²) in [5.41, 5.74) is 5.63. The van der Waals surface area contributed by atoms with E-state index in [-0.39, 0.29) is 0 Å². The van der Waals surface area contributed by atoms with Crippen LogP contribution in [0.1, 0.15) is 24.0 Å². The largest absolute Gasteiger partial charge is 0.372 e. The highest BCUT2D eigenvalue weighted by Crippen LogP contribution is 2.24. The average Bonchev–Trinajstić information content (AvgIpc) is 3.20. The Labute approximate surface area is 159 Å². The van der Waals surface area contributed by atoms with E-state index in [9.17, 15) is 0 Å². The van der Waals surface area contributed by atoms with Crippen molar-refractivity contribution < 1.29 is 0 Å². The van der Waals surface area contributed by atoms with Crippen molar-refractivity contribution in [2.75, 3.05) is 28.6 Å². The van der Waals surface area contributed by atoms with Crippen LogP contribution in [0.25, 0.3) is 0 Å². The average molecular weight is 360 g/mol. The van der Waals surface area contributed by atoms with Crippen molar-refractivity contribution in [2.45, 2.75) is 26.7 Å². The van der Waals surface area contributed by atoms with Crippen molar-refractivity contribution in [3.05, 3.63) is 59.8 Å². The van der Waals surface area contributed by atoms with Gasteiger partial charge in [-0.1, -0.05) is 17.7 Å². The molecule has 6 heteroatoms. The summed E-state index contributed by atoms with van der Waals surface area (Å²) in [4.78, 5) is 6.93. The summed E-state index contributed by atoms with van der Waals surface area (Å²) < 4.78 is 0. The Kier molecular flexibility index (Phi) is 4.87. The predicted octanol–water partition coefficient (Wildman–Crippen LogP) is 4.58. The molecule has 0 atom stereocenters. The zero-order valence-electron chi connectivity index (χ0n) is 15.7. The van der Waals surface area contributed by atoms with Gasteiger partial charge in [-0.05, 0) is 62.6 Å². The SMILES string of the molecule is Cc1ccc(Nc2cnnc(Nc3ccc(N4CCCC4)cc3)n2)c(C)c1. The quantitative estimate of drug-likeness (QED) is 0.694. The summed E-state index contributed by atoms with van der Waals surface area (Å²) in [6, 6.07) is 14.7. The van der Waals surface area contributed by atoms with Crippen molar-refractivity contribution in [3.63, 3.8) is 0 Å². The van der Waals surface area contributed by atoms with E-state index in [1.807, 2.05) is 0 Å². The van der Waals surface area contributed by atoms with Crippen LogP contribution < -0.4 is 15.5 Å². The number of benzene rings is 2. The maximum atomic E-state index is 4.52. The van der Waals surface area contributed by atoms with Crippen LogP contribution in [0, 0.1) is 13.8 Å². The number of nitrogens with one attached hydrogen (secondary N) is 2. The Balaban J connectivity index is 1.46. The number of nitrogens with zero attached hydrogens (tertiary/aromatic N) is 4. The van der Waals surface area contributed by atoms with Crippen LogP contribution in [-0.2, 0) is 0 Å². The standard InChI is InChI=1S/C21H24N6/c1-15-5-10-19(16(2)13-15)24-20-14-22-26-21(25-20)23-17-6-8-18(9-7-17)27-11-3-4-12-27/h5-10,13-14H,3-4,11-12H2,1-2H3,(H2,23,24,25,26). The minimum absolute atomic E-state index is 0.471. The van der Waals surface area contributed by atoms with E-state index in [0.29, 0.717) is 11.8 Å². The number of hydrogen-bond donors (Lipinski definition) is 2. The van der Waals surface area contributed by atoms with Gasteiger partial charge in [0, 0.05) is 30.2 Å². The fraction of sp³-hybridized carbons (Fsp3) is 0.286. The van der Waals surface area contributed by atoms with Gasteiger partial charge in [-0.2, -0.15) is 10.1 Å². The van der Waals surface area contributed by atoms with Gasteiger partial charge in [-0.15, -0.1) is 5.10 Å². The van der Waals surface area contributed by atoms with Gasteiger partial charge in [-0.3, -0.25) is 0 Å². The predicted molar refractivity (Wildman–Crippen MR) is 110 cm³/mol. The van der Waals surface area contributed by atoms with Gasteiger partial charge in [0.2, 0.25) is 5.95 Å². The monoisotopic (exact) mass is 360 g/mol. The fourth-order valence-corrected chi connectivity index (χ4v) is 3.37. The molecule has 2 heterocycles. The molecule has 2 aromatic carbocycles. The molecule has 0 spiro atoms. The lowest BCUT2D eigenvalue weighted by atomic mass is 10.1. The van der Waals surface area contributed by atoms with Crippen LogP contribution >= 0.6 is 0 Å². The molecule has 0 saturated carbocycles. The number of aryl methyl sites for hydroxylation is 2. The molecule has 1 aliphatic rings. The van der Waals surface area contributed by atoms with E-state index in [1.54, 1.807) is 6.20 Å². The van der Waals surface area contributed by atoms with Gasteiger partial charge in [0.1, 0.15) is 0 Å². The first-order valence-electron chi connectivity index (χ1n) is 9.33. The highest BCUT2D eigenvalue weighted by Gasteiger charge is 2.12. The summed E-state index contributed by atoms with van der Waals surface area (Å²) in [5.74, 6) is 1.13. The van der Waals surface area contributed by atoms with Crippen LogP contribution in [0.4, 0.5) is 28.8 Å². The number of hydrogen-bond acceptors (Lipinski definition) is 6. The van der Waals surface area contributed by atoms with E-state index in [1.165, 1.54) is 29.7 Å². The highest BCUT2D eigenvalue weighted by atomic mass is 15.3. The second kappa shape index (κ2) is 7.61. The molecule has 1 aliphatic heterocycles. The smallest absolute Gasteiger partial charge is 0.249 e. The molecule has 3 aromatic rings. The second-order valence-corrected chi connectivity index (χ2v) is 6.97. The van der Waals surface area contributed by atoms with Crippen LogP contribution in [0.2, 0.25) is 0 Å². The van der Waals surface area contributed by atoms with Crippen LogP contribution in [0.15, 0.2) is 48.7 Å². The van der Waals surface area contributed by atoms with Crippen molar-refractivity contribution in [3.8, 4) is 0 Å². The van der Waals surface area contributed by atoms with Crippen molar-refractivity contribution in [2.24, 2.45) is 0 Å². The van der Waals surface area contributed by atoms with Crippen molar-refractivity contribution >= 4 is 28.8 Å². The first kappa shape index (κ1) is 17.3. The zero-order chi connectivity index (χ0) is 18.6. The fourth-order valence-electron chi connectivity index (χ4n) is 3.37. The van der Waals surface area contributed by atoms with Crippen LogP contribution in [0.5, 0.6) is 0 Å². The van der Waals surface area contributed by atoms with Gasteiger partial charge in [0.15, 0.2) is 5.82 Å². The summed E-state index contributed by atoms with van der Waals surface area (Å²) in [6.07, 6.45) is 4.18. The molecule has 6 nitrogen and oxygen atoms in total. The normalized spacial score (nSPS) is 13.6. The third kappa shape index (κ3) is 4.16. The number of anilines is 5. The minimum Gasteiger partial charge on any atom is -0.372 e. The lowest BCUT2D eigenvalue weighted by molar-refractivity contribution is 0.949. The summed E-state index contributed by atoms with van der Waals surface area (Å²) in [6.45, 7) is 6.45. The lowest BCUT2D eigenvalue weighted by Crippen LogP contribution is -2.17. The van der Waals surface area contributed by atoms with Gasteiger partial charge < -0.3 is 15.5 Å². The Morgan fingerprint density at radius 1 is 0.926 bits per heavy atom. The Bertz CT molecular complexity index is 916. The zero-order valence-corrected chi connectivity index (χ0v) is 15.7. The Hall–Kier alpha value is -3.15. The summed E-state index contributed by atoms with van der Waals surface area (Å²) in [7, 11) is 0. The molecular formula is C21H24N6. The van der Waals surface area contributed by atoms with E-state index in [4.69, 9.17) is 0 Å². The molecule has 1 fully saturated rings. The highest BCUT2D eigenvalue weighted by molar-refractivity contribution is 5.63. The molecule has 2 N–H and O–H groups in total. The third-order valence-corrected chi connectivity index (χ3v) is 4.80. The van der Waals surface area contributed by atoms with Gasteiger partial charge >= 0.3 is 0 Å². The summed E-state index contributed by atoms with van der Waals surface area (Å²) in [5, 5.41) is 14.7. The Morgan fingerprint density at radius 3 is 2.44 bits per heavy atom. The molecule has 4 rings (SSSR count). The minimum atomic E-state index is 0.471. The number of aromatic nitrogens is 3. The maximum absolute atomic E-state index is 4.52. The molecule has 0 unspecified atom stereocenters. The van der Waals surface area contributed by atoms with E-state index in [2.05, 4.69) is 87.0 Å². The molecule has 0 aliphatic carbocycles. The van der Waals surface area contributed by atoms with Gasteiger partial charge in [0.05, 0.1) is 6.20 Å². The summed E-state index contributed by atoms with van der Waals surface area (Å²) >= 11 is 0. The van der Waals surface area contributed by atoms with E-state index >= 15 is 0 Å². The number of rotatable bonds is 5. The molecule has 1 saturated heterocycles. The van der Waals surface area contributed by atoms with Gasteiger partial charge in [0.25, 0.3) is 0 Å². The molecule has 0 bridgehead atoms. The second-order valence-electron chi connectivity index (χ2n) is 6.97. The van der Waals surface area contributed by atoms with E-state index in [0.717, 1.165) is 24.5 Å². The first-order chi connectivity index (χ1) is 13.2. The molecule has 0 amide bonds. The molecule has 27 heavy (non-hydrogen) atoms.